The summed E-state index contributed by atoms with van der Waals surface area (Å²) in [7, 11) is 0. The van der Waals surface area contributed by atoms with E-state index >= 15 is 0 Å². The maximum absolute atomic E-state index is 8.91. The lowest BCUT2D eigenvalue weighted by Crippen LogP contribution is -2.32. The number of aliphatic hydroxyl groups excluding tert-OH is 1. The summed E-state index contributed by atoms with van der Waals surface area (Å²) in [5, 5.41) is 12.4. The van der Waals surface area contributed by atoms with E-state index in [1.54, 1.807) is 0 Å². The molecule has 4 nitrogen and oxygen atoms in total. The van der Waals surface area contributed by atoms with Crippen LogP contribution < -0.4 is 5.32 Å². The number of nitrogens with zero attached hydrogens (tertiary/aromatic N) is 1. The zero-order chi connectivity index (χ0) is 11.7. The van der Waals surface area contributed by atoms with Gasteiger partial charge in [-0.05, 0) is 31.4 Å². The van der Waals surface area contributed by atoms with Gasteiger partial charge in [0.25, 0.3) is 0 Å². The minimum Gasteiger partial charge on any atom is -0.462 e. The van der Waals surface area contributed by atoms with Gasteiger partial charge in [-0.3, -0.25) is 4.90 Å². The molecular formula is C13H20N2O2. The van der Waals surface area contributed by atoms with Gasteiger partial charge in [-0.15, -0.1) is 0 Å². The van der Waals surface area contributed by atoms with Crippen molar-refractivity contribution < 1.29 is 9.52 Å². The Morgan fingerprint density at radius 1 is 1.29 bits per heavy atom. The number of aliphatic hydroxyl groups is 1. The molecule has 0 spiro atoms. The van der Waals surface area contributed by atoms with Crippen LogP contribution in [0.15, 0.2) is 16.5 Å². The van der Waals surface area contributed by atoms with Crippen LogP contribution in [0.4, 0.5) is 0 Å². The van der Waals surface area contributed by atoms with Crippen molar-refractivity contribution >= 4 is 0 Å². The highest BCUT2D eigenvalue weighted by molar-refractivity contribution is 5.06. The Morgan fingerprint density at radius 3 is 2.82 bits per heavy atom. The van der Waals surface area contributed by atoms with Crippen molar-refractivity contribution in [3.8, 4) is 0 Å². The van der Waals surface area contributed by atoms with Crippen molar-refractivity contribution in [3.63, 3.8) is 0 Å². The van der Waals surface area contributed by atoms with Gasteiger partial charge in [0.2, 0.25) is 0 Å². The molecule has 2 fully saturated rings. The first kappa shape index (κ1) is 11.3. The molecule has 1 aliphatic carbocycles. The van der Waals surface area contributed by atoms with Crippen molar-refractivity contribution in [1.82, 2.24) is 10.2 Å². The Balaban J connectivity index is 1.44. The van der Waals surface area contributed by atoms with Gasteiger partial charge >= 0.3 is 0 Å². The third-order valence-electron chi connectivity index (χ3n) is 3.72. The van der Waals surface area contributed by atoms with Crippen LogP contribution in [0.3, 0.4) is 0 Å². The standard InChI is InChI=1S/C13H20N2O2/c16-9-13-4-3-12(17-13)7-14-10-5-6-15(8-10)11-1-2-11/h3-4,10-11,14,16H,1-2,5-9H2. The van der Waals surface area contributed by atoms with Crippen LogP contribution in [0.5, 0.6) is 0 Å². The number of hydrogen-bond donors (Lipinski definition) is 2. The molecule has 0 amide bonds. The van der Waals surface area contributed by atoms with Gasteiger partial charge in [-0.1, -0.05) is 0 Å². The summed E-state index contributed by atoms with van der Waals surface area (Å²) < 4.78 is 5.45. The van der Waals surface area contributed by atoms with Gasteiger partial charge < -0.3 is 14.8 Å². The van der Waals surface area contributed by atoms with Crippen molar-refractivity contribution in [2.75, 3.05) is 13.1 Å². The van der Waals surface area contributed by atoms with E-state index in [9.17, 15) is 0 Å². The van der Waals surface area contributed by atoms with Gasteiger partial charge in [-0.25, -0.2) is 0 Å². The molecule has 2 N–H and O–H groups in total. The lowest BCUT2D eigenvalue weighted by molar-refractivity contribution is 0.242. The summed E-state index contributed by atoms with van der Waals surface area (Å²) in [5.41, 5.74) is 0. The fourth-order valence-corrected chi connectivity index (χ4v) is 2.57. The maximum Gasteiger partial charge on any atom is 0.129 e. The lowest BCUT2D eigenvalue weighted by atomic mass is 10.2. The fraction of sp³-hybridized carbons (Fsp3) is 0.692. The largest absolute Gasteiger partial charge is 0.462 e. The molecule has 3 rings (SSSR count). The number of rotatable bonds is 5. The second kappa shape index (κ2) is 4.80. The molecule has 2 heterocycles. The summed E-state index contributed by atoms with van der Waals surface area (Å²) >= 11 is 0. The van der Waals surface area contributed by atoms with E-state index in [2.05, 4.69) is 10.2 Å². The third kappa shape index (κ3) is 2.70. The smallest absolute Gasteiger partial charge is 0.129 e. The number of likely N-dealkylation sites (tertiary alicyclic amines) is 1. The number of nitrogens with one attached hydrogen (secondary N) is 1. The van der Waals surface area contributed by atoms with Gasteiger partial charge in [0.1, 0.15) is 18.1 Å². The first-order chi connectivity index (χ1) is 8.35. The van der Waals surface area contributed by atoms with Crippen LogP contribution >= 0.6 is 0 Å². The van der Waals surface area contributed by atoms with E-state index in [1.807, 2.05) is 12.1 Å². The zero-order valence-corrected chi connectivity index (χ0v) is 10.1. The SMILES string of the molecule is OCc1ccc(CNC2CCN(C3CC3)C2)o1. The van der Waals surface area contributed by atoms with Crippen LogP contribution in [-0.2, 0) is 13.2 Å². The average Bonchev–Trinajstić information content (AvgIpc) is 2.93. The normalized spacial score (nSPS) is 25.6. The minimum atomic E-state index is -0.0150. The summed E-state index contributed by atoms with van der Waals surface area (Å²) in [5.74, 6) is 1.56. The van der Waals surface area contributed by atoms with E-state index in [4.69, 9.17) is 9.52 Å². The first-order valence-corrected chi connectivity index (χ1v) is 6.51. The van der Waals surface area contributed by atoms with Crippen molar-refractivity contribution in [1.29, 1.82) is 0 Å². The second-order valence-corrected chi connectivity index (χ2v) is 5.12. The van der Waals surface area contributed by atoms with Gasteiger partial charge in [0, 0.05) is 25.2 Å². The maximum atomic E-state index is 8.91. The Bertz CT molecular complexity index is 373. The van der Waals surface area contributed by atoms with E-state index in [0.717, 1.165) is 18.3 Å². The average molecular weight is 236 g/mol. The molecule has 4 heteroatoms. The lowest BCUT2D eigenvalue weighted by Gasteiger charge is -2.15. The predicted molar refractivity (Wildman–Crippen MR) is 64.5 cm³/mol. The number of furan rings is 1. The second-order valence-electron chi connectivity index (χ2n) is 5.12. The van der Waals surface area contributed by atoms with Crippen LogP contribution in [0, 0.1) is 0 Å². The van der Waals surface area contributed by atoms with E-state index in [-0.39, 0.29) is 6.61 Å². The highest BCUT2D eigenvalue weighted by Gasteiger charge is 2.34. The number of hydrogen-bond acceptors (Lipinski definition) is 4. The molecule has 0 aromatic carbocycles. The third-order valence-corrected chi connectivity index (χ3v) is 3.72. The Kier molecular flexibility index (Phi) is 3.18. The monoisotopic (exact) mass is 236 g/mol. The van der Waals surface area contributed by atoms with Crippen LogP contribution in [0.1, 0.15) is 30.8 Å². The van der Waals surface area contributed by atoms with E-state index in [1.165, 1.54) is 32.4 Å². The topological polar surface area (TPSA) is 48.6 Å². The van der Waals surface area contributed by atoms with Crippen molar-refractivity contribution in [2.45, 2.75) is 44.5 Å². The van der Waals surface area contributed by atoms with E-state index in [0.29, 0.717) is 11.8 Å². The highest BCUT2D eigenvalue weighted by Crippen LogP contribution is 2.29. The Hall–Kier alpha value is -0.840. The van der Waals surface area contributed by atoms with Gasteiger partial charge in [0.15, 0.2) is 0 Å². The van der Waals surface area contributed by atoms with Crippen LogP contribution in [-0.4, -0.2) is 35.2 Å². The molecule has 1 unspecified atom stereocenters. The molecule has 1 atom stereocenters. The minimum absolute atomic E-state index is 0.0150. The highest BCUT2D eigenvalue weighted by atomic mass is 16.4. The molecule has 2 aliphatic rings. The molecule has 1 saturated heterocycles. The van der Waals surface area contributed by atoms with E-state index < -0.39 is 0 Å². The first-order valence-electron chi connectivity index (χ1n) is 6.51. The molecule has 17 heavy (non-hydrogen) atoms. The molecule has 1 aliphatic heterocycles. The molecule has 1 aromatic heterocycles. The summed E-state index contributed by atoms with van der Waals surface area (Å²) in [4.78, 5) is 2.60. The van der Waals surface area contributed by atoms with Gasteiger partial charge in [0.05, 0.1) is 6.54 Å². The zero-order valence-electron chi connectivity index (χ0n) is 10.1. The van der Waals surface area contributed by atoms with Gasteiger partial charge in [-0.2, -0.15) is 0 Å². The summed E-state index contributed by atoms with van der Waals surface area (Å²) in [6, 6.07) is 5.25. The summed E-state index contributed by atoms with van der Waals surface area (Å²) in [6.45, 7) is 3.17. The Morgan fingerprint density at radius 2 is 2.12 bits per heavy atom. The molecule has 1 aromatic rings. The predicted octanol–water partition coefficient (Wildman–Crippen LogP) is 1.10. The quantitative estimate of drug-likeness (QED) is 0.803. The van der Waals surface area contributed by atoms with Crippen molar-refractivity contribution in [3.05, 3.63) is 23.7 Å². The molecule has 94 valence electrons. The molecule has 0 radical (unpaired) electrons. The summed E-state index contributed by atoms with van der Waals surface area (Å²) in [6.07, 6.45) is 4.03. The Labute approximate surface area is 102 Å². The molecular weight excluding hydrogens is 216 g/mol. The molecule has 1 saturated carbocycles. The van der Waals surface area contributed by atoms with Crippen LogP contribution in [0.25, 0.3) is 0 Å². The van der Waals surface area contributed by atoms with Crippen LogP contribution in [0.2, 0.25) is 0 Å². The fourth-order valence-electron chi connectivity index (χ4n) is 2.57. The molecule has 0 bridgehead atoms. The van der Waals surface area contributed by atoms with Crippen molar-refractivity contribution in [2.24, 2.45) is 0 Å².